The van der Waals surface area contributed by atoms with Gasteiger partial charge in [-0.1, -0.05) is 36.4 Å². The van der Waals surface area contributed by atoms with Gasteiger partial charge in [-0.2, -0.15) is 5.10 Å². The van der Waals surface area contributed by atoms with Crippen molar-refractivity contribution in [2.45, 2.75) is 33.7 Å². The van der Waals surface area contributed by atoms with Gasteiger partial charge in [0.1, 0.15) is 0 Å². The van der Waals surface area contributed by atoms with Gasteiger partial charge in [-0.25, -0.2) is 9.67 Å². The van der Waals surface area contributed by atoms with E-state index < -0.39 is 0 Å². The molecule has 0 saturated heterocycles. The van der Waals surface area contributed by atoms with Crippen LogP contribution in [0.15, 0.2) is 59.6 Å². The van der Waals surface area contributed by atoms with Gasteiger partial charge in [0.15, 0.2) is 5.96 Å². The molecule has 1 aliphatic heterocycles. The van der Waals surface area contributed by atoms with Gasteiger partial charge in [0.2, 0.25) is 5.91 Å². The number of halogens is 1. The number of nitrogens with one attached hydrogen (secondary N) is 2. The molecule has 4 rings (SSSR count). The molecular weight excluding hydrogens is 527 g/mol. The lowest BCUT2D eigenvalue weighted by Crippen LogP contribution is -2.44. The Morgan fingerprint density at radius 2 is 1.79 bits per heavy atom. The van der Waals surface area contributed by atoms with Crippen molar-refractivity contribution in [2.75, 3.05) is 24.5 Å². The Kier molecular flexibility index (Phi) is 8.49. The summed E-state index contributed by atoms with van der Waals surface area (Å²) in [4.78, 5) is 19.4. The monoisotopic (exact) mass is 558 g/mol. The quantitative estimate of drug-likeness (QED) is 0.275. The van der Waals surface area contributed by atoms with Crippen molar-refractivity contribution in [3.63, 3.8) is 0 Å². The third-order valence-corrected chi connectivity index (χ3v) is 5.58. The molecule has 2 N–H and O–H groups in total. The van der Waals surface area contributed by atoms with E-state index in [2.05, 4.69) is 40.0 Å². The Labute approximate surface area is 212 Å². The summed E-state index contributed by atoms with van der Waals surface area (Å²) in [5.74, 6) is 0.667. The van der Waals surface area contributed by atoms with E-state index in [4.69, 9.17) is 4.99 Å². The lowest BCUT2D eigenvalue weighted by atomic mass is 10.2. The summed E-state index contributed by atoms with van der Waals surface area (Å²) >= 11 is 0. The topological polar surface area (TPSA) is 74.5 Å². The number of hydrogen-bond donors (Lipinski definition) is 2. The number of aryl methyl sites for hydroxylation is 2. The van der Waals surface area contributed by atoms with Gasteiger partial charge in [0.25, 0.3) is 0 Å². The van der Waals surface area contributed by atoms with Gasteiger partial charge in [-0.05, 0) is 56.5 Å². The van der Waals surface area contributed by atoms with Crippen LogP contribution in [0.5, 0.6) is 0 Å². The number of para-hydroxylation sites is 2. The standard InChI is InChI=1S/C25H30N6O.HI/c1-4-26-25(28-17-24(32)30-14-13-20-9-5-7-11-22(20)30)27-16-21-10-6-8-12-23(21)31-19(3)15-18(2)29-31;/h5-12,15H,4,13-14,16-17H2,1-3H3,(H2,26,27,28);1H. The summed E-state index contributed by atoms with van der Waals surface area (Å²) in [7, 11) is 0. The maximum absolute atomic E-state index is 12.8. The van der Waals surface area contributed by atoms with Crippen molar-refractivity contribution in [1.29, 1.82) is 0 Å². The molecule has 2 heterocycles. The molecule has 7 nitrogen and oxygen atoms in total. The van der Waals surface area contributed by atoms with Crippen LogP contribution in [0.25, 0.3) is 5.69 Å². The van der Waals surface area contributed by atoms with E-state index >= 15 is 0 Å². The highest BCUT2D eigenvalue weighted by Crippen LogP contribution is 2.27. The second-order valence-corrected chi connectivity index (χ2v) is 7.94. The first-order valence-corrected chi connectivity index (χ1v) is 11.1. The first-order chi connectivity index (χ1) is 15.6. The van der Waals surface area contributed by atoms with E-state index in [9.17, 15) is 4.79 Å². The number of anilines is 1. The van der Waals surface area contributed by atoms with E-state index in [0.29, 0.717) is 19.0 Å². The predicted octanol–water partition coefficient (Wildman–Crippen LogP) is 3.75. The Morgan fingerprint density at radius 3 is 2.52 bits per heavy atom. The van der Waals surface area contributed by atoms with Gasteiger partial charge in [-0.3, -0.25) is 4.79 Å². The molecule has 8 heteroatoms. The lowest BCUT2D eigenvalue weighted by molar-refractivity contribution is -0.117. The Hall–Kier alpha value is -2.88. The molecule has 174 valence electrons. The Morgan fingerprint density at radius 1 is 1.06 bits per heavy atom. The average molecular weight is 558 g/mol. The molecule has 0 atom stereocenters. The molecule has 0 saturated carbocycles. The number of nitrogens with zero attached hydrogens (tertiary/aromatic N) is 4. The molecular formula is C25H31IN6O. The zero-order valence-electron chi connectivity index (χ0n) is 19.3. The van der Waals surface area contributed by atoms with Crippen molar-refractivity contribution in [3.8, 4) is 5.69 Å². The smallest absolute Gasteiger partial charge is 0.246 e. The number of amides is 1. The number of hydrogen-bond acceptors (Lipinski definition) is 3. The highest BCUT2D eigenvalue weighted by atomic mass is 127. The molecule has 1 amide bonds. The highest BCUT2D eigenvalue weighted by Gasteiger charge is 2.23. The molecule has 0 unspecified atom stereocenters. The second kappa shape index (κ2) is 11.3. The number of aromatic nitrogens is 2. The second-order valence-electron chi connectivity index (χ2n) is 7.94. The molecule has 3 aromatic rings. The van der Waals surface area contributed by atoms with Gasteiger partial charge in [0, 0.05) is 24.5 Å². The molecule has 0 aliphatic carbocycles. The number of carbonyl (C=O) groups excluding carboxylic acids is 1. The molecule has 1 aliphatic rings. The Bertz CT molecular complexity index is 1140. The number of carbonyl (C=O) groups is 1. The fraction of sp³-hybridized carbons (Fsp3) is 0.320. The van der Waals surface area contributed by atoms with Crippen LogP contribution in [0, 0.1) is 13.8 Å². The first kappa shape index (κ1) is 24.8. The van der Waals surface area contributed by atoms with E-state index in [1.807, 2.05) is 60.7 Å². The van der Waals surface area contributed by atoms with E-state index in [1.54, 1.807) is 0 Å². The third-order valence-electron chi connectivity index (χ3n) is 5.58. The fourth-order valence-electron chi connectivity index (χ4n) is 4.08. The number of benzene rings is 2. The molecule has 2 aromatic carbocycles. The van der Waals surface area contributed by atoms with Gasteiger partial charge in [-0.15, -0.1) is 24.0 Å². The van der Waals surface area contributed by atoms with E-state index in [0.717, 1.165) is 41.3 Å². The summed E-state index contributed by atoms with van der Waals surface area (Å²) in [6.07, 6.45) is 0.902. The largest absolute Gasteiger partial charge is 0.357 e. The maximum atomic E-state index is 12.8. The minimum atomic E-state index is 0. The summed E-state index contributed by atoms with van der Waals surface area (Å²) in [6.45, 7) is 8.17. The zero-order valence-corrected chi connectivity index (χ0v) is 21.7. The van der Waals surface area contributed by atoms with E-state index in [1.165, 1.54) is 5.56 Å². The number of guanidine groups is 1. The molecule has 1 aromatic heterocycles. The predicted molar refractivity (Wildman–Crippen MR) is 144 cm³/mol. The van der Waals surface area contributed by atoms with Crippen LogP contribution in [0.2, 0.25) is 0 Å². The minimum Gasteiger partial charge on any atom is -0.357 e. The molecule has 0 spiro atoms. The lowest BCUT2D eigenvalue weighted by Gasteiger charge is -2.19. The van der Waals surface area contributed by atoms with Crippen molar-refractivity contribution < 1.29 is 4.79 Å². The number of fused-ring (bicyclic) bond motifs is 1. The summed E-state index contributed by atoms with van der Waals surface area (Å²) in [6, 6.07) is 18.3. The molecule has 0 bridgehead atoms. The highest BCUT2D eigenvalue weighted by molar-refractivity contribution is 14.0. The summed E-state index contributed by atoms with van der Waals surface area (Å²) in [5.41, 5.74) is 6.39. The van der Waals surface area contributed by atoms with Gasteiger partial charge < -0.3 is 15.5 Å². The third kappa shape index (κ3) is 5.73. The molecule has 0 radical (unpaired) electrons. The van der Waals surface area contributed by atoms with Crippen molar-refractivity contribution in [3.05, 3.63) is 77.1 Å². The SMILES string of the molecule is CCNC(=NCc1ccccc1-n1nc(C)cc1C)NCC(=O)N1CCc2ccccc21.I. The number of aliphatic imine (C=N–C) groups is 1. The van der Waals surface area contributed by atoms with Crippen LogP contribution in [0.1, 0.15) is 29.4 Å². The normalized spacial score (nSPS) is 12.8. The van der Waals surface area contributed by atoms with Crippen molar-refractivity contribution in [1.82, 2.24) is 20.4 Å². The summed E-state index contributed by atoms with van der Waals surface area (Å²) < 4.78 is 1.95. The van der Waals surface area contributed by atoms with Gasteiger partial charge in [0.05, 0.1) is 24.5 Å². The van der Waals surface area contributed by atoms with Crippen molar-refractivity contribution >= 4 is 41.5 Å². The van der Waals surface area contributed by atoms with Crippen LogP contribution >= 0.6 is 24.0 Å². The fourth-order valence-corrected chi connectivity index (χ4v) is 4.08. The Balaban J connectivity index is 0.00000306. The zero-order chi connectivity index (χ0) is 22.5. The minimum absolute atomic E-state index is 0. The molecule has 33 heavy (non-hydrogen) atoms. The van der Waals surface area contributed by atoms with Crippen LogP contribution in [0.3, 0.4) is 0 Å². The molecule has 0 fully saturated rings. The van der Waals surface area contributed by atoms with E-state index in [-0.39, 0.29) is 36.4 Å². The maximum Gasteiger partial charge on any atom is 0.246 e. The van der Waals surface area contributed by atoms with Crippen LogP contribution in [0.4, 0.5) is 5.69 Å². The van der Waals surface area contributed by atoms with Crippen LogP contribution in [-0.4, -0.2) is 41.3 Å². The van der Waals surface area contributed by atoms with Crippen molar-refractivity contribution in [2.24, 2.45) is 4.99 Å². The number of rotatable bonds is 6. The van der Waals surface area contributed by atoms with Gasteiger partial charge >= 0.3 is 0 Å². The van der Waals surface area contributed by atoms with Crippen LogP contribution < -0.4 is 15.5 Å². The first-order valence-electron chi connectivity index (χ1n) is 11.1. The van der Waals surface area contributed by atoms with Crippen LogP contribution in [-0.2, 0) is 17.8 Å². The average Bonchev–Trinajstić information content (AvgIpc) is 3.38. The summed E-state index contributed by atoms with van der Waals surface area (Å²) in [5, 5.41) is 11.1.